The predicted octanol–water partition coefficient (Wildman–Crippen LogP) is 4.59. The molecule has 0 heterocycles. The van der Waals surface area contributed by atoms with Crippen molar-refractivity contribution in [2.75, 3.05) is 13.2 Å². The zero-order valence-corrected chi connectivity index (χ0v) is 15.2. The highest BCUT2D eigenvalue weighted by molar-refractivity contribution is 5.65. The van der Waals surface area contributed by atoms with Gasteiger partial charge >= 0.3 is 5.97 Å². The second-order valence-electron chi connectivity index (χ2n) is 6.20. The van der Waals surface area contributed by atoms with Gasteiger partial charge < -0.3 is 9.47 Å². The Labute approximate surface area is 144 Å². The molecule has 0 radical (unpaired) electrons. The number of hydrogen-bond donors (Lipinski definition) is 0. The fraction of sp³-hybridized carbons (Fsp3) is 0.381. The third-order valence-electron chi connectivity index (χ3n) is 4.28. The Morgan fingerprint density at radius 3 is 1.62 bits per heavy atom. The molecular weight excluding hydrogens is 300 g/mol. The van der Waals surface area contributed by atoms with Crippen molar-refractivity contribution in [3.8, 4) is 0 Å². The average molecular weight is 326 g/mol. The van der Waals surface area contributed by atoms with Gasteiger partial charge in [0.2, 0.25) is 0 Å². The van der Waals surface area contributed by atoms with Crippen molar-refractivity contribution in [2.24, 2.45) is 0 Å². The van der Waals surface area contributed by atoms with Gasteiger partial charge in [0.25, 0.3) is 0 Å². The molecule has 0 amide bonds. The van der Waals surface area contributed by atoms with E-state index in [0.717, 1.165) is 0 Å². The Hall–Kier alpha value is -2.13. The topological polar surface area (TPSA) is 35.5 Å². The fourth-order valence-corrected chi connectivity index (χ4v) is 3.14. The first-order chi connectivity index (χ1) is 11.4. The molecule has 3 heteroatoms. The lowest BCUT2D eigenvalue weighted by Crippen LogP contribution is -2.16. The predicted molar refractivity (Wildman–Crippen MR) is 96.3 cm³/mol. The number of benzene rings is 2. The van der Waals surface area contributed by atoms with Crippen LogP contribution in [-0.4, -0.2) is 19.2 Å². The molecule has 0 unspecified atom stereocenters. The van der Waals surface area contributed by atoms with Crippen LogP contribution in [0.2, 0.25) is 0 Å². The first-order valence-corrected chi connectivity index (χ1v) is 8.29. The molecule has 0 aliphatic carbocycles. The van der Waals surface area contributed by atoms with E-state index in [1.165, 1.54) is 40.3 Å². The molecule has 128 valence electrons. The van der Waals surface area contributed by atoms with Crippen molar-refractivity contribution in [2.45, 2.75) is 40.7 Å². The molecule has 2 aromatic carbocycles. The number of hydrogen-bond acceptors (Lipinski definition) is 3. The second kappa shape index (κ2) is 8.11. The number of aryl methyl sites for hydroxylation is 4. The minimum Gasteiger partial charge on any atom is -0.463 e. The van der Waals surface area contributed by atoms with E-state index in [4.69, 9.17) is 9.47 Å². The Kier molecular flexibility index (Phi) is 6.16. The third-order valence-corrected chi connectivity index (χ3v) is 4.28. The summed E-state index contributed by atoms with van der Waals surface area (Å²) in [6.07, 6.45) is -0.164. The molecule has 24 heavy (non-hydrogen) atoms. The van der Waals surface area contributed by atoms with Gasteiger partial charge in [0.05, 0.1) is 6.61 Å². The molecule has 2 rings (SSSR count). The van der Waals surface area contributed by atoms with E-state index in [1.807, 2.05) is 0 Å². The molecule has 0 N–H and O–H groups in total. The summed E-state index contributed by atoms with van der Waals surface area (Å²) in [5.41, 5.74) is 7.20. The lowest BCUT2D eigenvalue weighted by Gasteiger charge is -2.25. The zero-order valence-electron chi connectivity index (χ0n) is 15.2. The maximum Gasteiger partial charge on any atom is 0.302 e. The van der Waals surface area contributed by atoms with E-state index in [2.05, 4.69) is 64.1 Å². The van der Waals surface area contributed by atoms with Gasteiger partial charge in [0.1, 0.15) is 12.7 Å². The molecule has 0 aromatic heterocycles. The largest absolute Gasteiger partial charge is 0.463 e. The third kappa shape index (κ3) is 4.24. The molecule has 3 nitrogen and oxygen atoms in total. The highest BCUT2D eigenvalue weighted by Crippen LogP contribution is 2.34. The van der Waals surface area contributed by atoms with Gasteiger partial charge in [0, 0.05) is 6.92 Å². The molecule has 0 saturated carbocycles. The standard InChI is InChI=1S/C21H26O3/c1-14-8-6-9-15(2)19(14)21(24-13-12-23-18(5)22)20-16(3)10-7-11-17(20)4/h6-11,21H,12-13H2,1-5H3. The molecule has 0 aliphatic heterocycles. The monoisotopic (exact) mass is 326 g/mol. The Balaban J connectivity index is 2.40. The normalized spacial score (nSPS) is 10.9. The maximum absolute atomic E-state index is 11.0. The molecule has 0 bridgehead atoms. The van der Waals surface area contributed by atoms with Crippen molar-refractivity contribution >= 4 is 5.97 Å². The number of carbonyl (C=O) groups is 1. The first kappa shape index (κ1) is 18.2. The fourth-order valence-electron chi connectivity index (χ4n) is 3.14. The molecular formula is C21H26O3. The highest BCUT2D eigenvalue weighted by Gasteiger charge is 2.22. The summed E-state index contributed by atoms with van der Waals surface area (Å²) in [5, 5.41) is 0. The van der Waals surface area contributed by atoms with Gasteiger partial charge in [0.15, 0.2) is 0 Å². The van der Waals surface area contributed by atoms with Gasteiger partial charge in [-0.15, -0.1) is 0 Å². The molecule has 0 fully saturated rings. The lowest BCUT2D eigenvalue weighted by molar-refractivity contribution is -0.142. The van der Waals surface area contributed by atoms with Crippen LogP contribution in [0, 0.1) is 27.7 Å². The summed E-state index contributed by atoms with van der Waals surface area (Å²) < 4.78 is 11.2. The number of rotatable bonds is 6. The van der Waals surface area contributed by atoms with Crippen LogP contribution < -0.4 is 0 Å². The summed E-state index contributed by atoms with van der Waals surface area (Å²) in [5.74, 6) is -0.283. The Morgan fingerprint density at radius 2 is 1.25 bits per heavy atom. The van der Waals surface area contributed by atoms with Crippen LogP contribution in [0.15, 0.2) is 36.4 Å². The average Bonchev–Trinajstić information content (AvgIpc) is 2.50. The van der Waals surface area contributed by atoms with Crippen molar-refractivity contribution in [3.05, 3.63) is 69.8 Å². The van der Waals surface area contributed by atoms with E-state index in [9.17, 15) is 4.79 Å². The summed E-state index contributed by atoms with van der Waals surface area (Å²) in [4.78, 5) is 11.0. The van der Waals surface area contributed by atoms with Gasteiger partial charge in [-0.25, -0.2) is 0 Å². The van der Waals surface area contributed by atoms with Gasteiger partial charge in [-0.05, 0) is 61.1 Å². The quantitative estimate of drug-likeness (QED) is 0.575. The summed E-state index contributed by atoms with van der Waals surface area (Å²) >= 11 is 0. The Bertz CT molecular complexity index is 627. The van der Waals surface area contributed by atoms with Crippen LogP contribution >= 0.6 is 0 Å². The molecule has 0 atom stereocenters. The van der Waals surface area contributed by atoms with Gasteiger partial charge in [-0.2, -0.15) is 0 Å². The smallest absolute Gasteiger partial charge is 0.302 e. The SMILES string of the molecule is CC(=O)OCCOC(c1c(C)cccc1C)c1c(C)cccc1C. The summed E-state index contributed by atoms with van der Waals surface area (Å²) in [6.45, 7) is 10.5. The van der Waals surface area contributed by atoms with Crippen LogP contribution in [-0.2, 0) is 14.3 Å². The zero-order chi connectivity index (χ0) is 17.7. The van der Waals surface area contributed by atoms with E-state index in [-0.39, 0.29) is 18.7 Å². The van der Waals surface area contributed by atoms with Crippen LogP contribution in [0.1, 0.15) is 46.4 Å². The number of esters is 1. The highest BCUT2D eigenvalue weighted by atomic mass is 16.6. The van der Waals surface area contributed by atoms with Crippen molar-refractivity contribution < 1.29 is 14.3 Å². The maximum atomic E-state index is 11.0. The van der Waals surface area contributed by atoms with Gasteiger partial charge in [-0.1, -0.05) is 36.4 Å². The number of carbonyl (C=O) groups excluding carboxylic acids is 1. The van der Waals surface area contributed by atoms with Crippen LogP contribution in [0.25, 0.3) is 0 Å². The van der Waals surface area contributed by atoms with Crippen LogP contribution in [0.3, 0.4) is 0 Å². The molecule has 0 spiro atoms. The van der Waals surface area contributed by atoms with Crippen molar-refractivity contribution in [1.29, 1.82) is 0 Å². The second-order valence-corrected chi connectivity index (χ2v) is 6.20. The van der Waals surface area contributed by atoms with E-state index in [0.29, 0.717) is 6.61 Å². The summed E-state index contributed by atoms with van der Waals surface area (Å²) in [7, 11) is 0. The van der Waals surface area contributed by atoms with E-state index < -0.39 is 0 Å². The summed E-state index contributed by atoms with van der Waals surface area (Å²) in [6, 6.07) is 12.6. The molecule has 0 saturated heterocycles. The van der Waals surface area contributed by atoms with Crippen molar-refractivity contribution in [3.63, 3.8) is 0 Å². The molecule has 2 aromatic rings. The van der Waals surface area contributed by atoms with E-state index in [1.54, 1.807) is 0 Å². The molecule has 0 aliphatic rings. The minimum atomic E-state index is -0.283. The van der Waals surface area contributed by atoms with Crippen LogP contribution in [0.4, 0.5) is 0 Å². The number of ether oxygens (including phenoxy) is 2. The minimum absolute atomic E-state index is 0.164. The first-order valence-electron chi connectivity index (χ1n) is 8.29. The van der Waals surface area contributed by atoms with Crippen LogP contribution in [0.5, 0.6) is 0 Å². The van der Waals surface area contributed by atoms with Gasteiger partial charge in [-0.3, -0.25) is 4.79 Å². The van der Waals surface area contributed by atoms with E-state index >= 15 is 0 Å². The lowest BCUT2D eigenvalue weighted by atomic mass is 9.89. The Morgan fingerprint density at radius 1 is 0.833 bits per heavy atom. The van der Waals surface area contributed by atoms with Crippen molar-refractivity contribution in [1.82, 2.24) is 0 Å².